The van der Waals surface area contributed by atoms with Gasteiger partial charge in [0.2, 0.25) is 5.88 Å². The first-order chi connectivity index (χ1) is 12.4. The molecule has 130 valence electrons. The van der Waals surface area contributed by atoms with Crippen LogP contribution in [0.5, 0.6) is 11.6 Å². The van der Waals surface area contributed by atoms with Crippen molar-refractivity contribution in [3.8, 4) is 11.6 Å². The molecule has 0 unspecified atom stereocenters. The van der Waals surface area contributed by atoms with Crippen molar-refractivity contribution in [1.29, 1.82) is 0 Å². The topological polar surface area (TPSA) is 34.5 Å². The van der Waals surface area contributed by atoms with E-state index >= 15 is 0 Å². The molecule has 26 heavy (non-hydrogen) atoms. The quantitative estimate of drug-likeness (QED) is 0.440. The lowest BCUT2D eigenvalue weighted by atomic mass is 10.0. The number of aryl methyl sites for hydroxylation is 1. The average molecular weight is 354 g/mol. The Kier molecular flexibility index (Phi) is 3.76. The number of para-hydroxylation sites is 1. The van der Waals surface area contributed by atoms with Gasteiger partial charge >= 0.3 is 6.18 Å². The second-order valence-corrected chi connectivity index (χ2v) is 5.94. The standard InChI is InChI=1S/C20H13F3N2O/c1-12-6-8-13(9-7-12)18-14-4-2-3-5-16(14)26-19-15(24-18)10-11-17(25-19)20(21,22)23/h2-11H,1H3. The molecule has 0 atom stereocenters. The van der Waals surface area contributed by atoms with Gasteiger partial charge in [-0.2, -0.15) is 13.2 Å². The molecule has 0 radical (unpaired) electrons. The van der Waals surface area contributed by atoms with Crippen LogP contribution in [-0.4, -0.2) is 10.7 Å². The van der Waals surface area contributed by atoms with Crippen molar-refractivity contribution in [2.75, 3.05) is 0 Å². The van der Waals surface area contributed by atoms with E-state index in [-0.39, 0.29) is 11.6 Å². The highest BCUT2D eigenvalue weighted by Crippen LogP contribution is 2.39. The van der Waals surface area contributed by atoms with E-state index in [2.05, 4.69) is 9.98 Å². The molecule has 0 spiro atoms. The Labute approximate surface area is 147 Å². The number of halogens is 3. The zero-order valence-corrected chi connectivity index (χ0v) is 13.7. The largest absolute Gasteiger partial charge is 0.436 e. The van der Waals surface area contributed by atoms with Gasteiger partial charge in [0.25, 0.3) is 0 Å². The third-order valence-corrected chi connectivity index (χ3v) is 4.04. The number of rotatable bonds is 1. The summed E-state index contributed by atoms with van der Waals surface area (Å²) in [6, 6.07) is 17.1. The van der Waals surface area contributed by atoms with Crippen molar-refractivity contribution in [1.82, 2.24) is 4.98 Å². The molecule has 0 N–H and O–H groups in total. The van der Waals surface area contributed by atoms with Crippen LogP contribution in [0.15, 0.2) is 65.7 Å². The molecule has 1 aromatic heterocycles. The van der Waals surface area contributed by atoms with Crippen molar-refractivity contribution in [2.45, 2.75) is 13.1 Å². The molecular formula is C20H13F3N2O. The first-order valence-corrected chi connectivity index (χ1v) is 7.93. The number of hydrogen-bond donors (Lipinski definition) is 0. The second-order valence-electron chi connectivity index (χ2n) is 5.94. The minimum atomic E-state index is -4.55. The van der Waals surface area contributed by atoms with Crippen LogP contribution in [0, 0.1) is 6.92 Å². The van der Waals surface area contributed by atoms with Crippen LogP contribution in [0.3, 0.4) is 0 Å². The van der Waals surface area contributed by atoms with Crippen LogP contribution in [0.2, 0.25) is 0 Å². The molecule has 0 bridgehead atoms. The molecule has 6 heteroatoms. The van der Waals surface area contributed by atoms with Crippen LogP contribution in [0.1, 0.15) is 22.4 Å². The van der Waals surface area contributed by atoms with E-state index in [1.54, 1.807) is 12.1 Å². The molecule has 0 fully saturated rings. The highest BCUT2D eigenvalue weighted by Gasteiger charge is 2.34. The minimum absolute atomic E-state index is 0.158. The summed E-state index contributed by atoms with van der Waals surface area (Å²) in [5.74, 6) is 0.256. The summed E-state index contributed by atoms with van der Waals surface area (Å²) >= 11 is 0. The third kappa shape index (κ3) is 2.94. The SMILES string of the molecule is Cc1ccc(C2=Nc3ccc(C(F)(F)F)nc3Oc3ccccc32)cc1. The van der Waals surface area contributed by atoms with Crippen LogP contribution in [-0.2, 0) is 6.18 Å². The molecule has 3 aromatic rings. The van der Waals surface area contributed by atoms with E-state index in [0.29, 0.717) is 17.0 Å². The molecule has 0 amide bonds. The maximum Gasteiger partial charge on any atom is 0.433 e. The number of alkyl halides is 3. The summed E-state index contributed by atoms with van der Waals surface area (Å²) in [4.78, 5) is 8.20. The predicted molar refractivity (Wildman–Crippen MR) is 92.2 cm³/mol. The van der Waals surface area contributed by atoms with Gasteiger partial charge in [0.05, 0.1) is 5.71 Å². The summed E-state index contributed by atoms with van der Waals surface area (Å²) in [5, 5.41) is 0. The normalized spacial score (nSPS) is 13.2. The van der Waals surface area contributed by atoms with Gasteiger partial charge in [-0.05, 0) is 31.2 Å². The van der Waals surface area contributed by atoms with Crippen LogP contribution in [0.4, 0.5) is 18.9 Å². The van der Waals surface area contributed by atoms with E-state index in [1.165, 1.54) is 6.07 Å². The van der Waals surface area contributed by atoms with Crippen molar-refractivity contribution in [3.63, 3.8) is 0 Å². The van der Waals surface area contributed by atoms with Crippen LogP contribution < -0.4 is 4.74 Å². The highest BCUT2D eigenvalue weighted by molar-refractivity contribution is 6.16. The van der Waals surface area contributed by atoms with Crippen LogP contribution in [0.25, 0.3) is 0 Å². The summed E-state index contributed by atoms with van der Waals surface area (Å²) in [7, 11) is 0. The Morgan fingerprint density at radius 2 is 1.62 bits per heavy atom. The summed E-state index contributed by atoms with van der Waals surface area (Å²) in [6.45, 7) is 1.98. The zero-order chi connectivity index (χ0) is 18.3. The maximum atomic E-state index is 13.0. The average Bonchev–Trinajstić information content (AvgIpc) is 2.77. The molecule has 0 aliphatic carbocycles. The van der Waals surface area contributed by atoms with E-state index in [9.17, 15) is 13.2 Å². The second kappa shape index (κ2) is 5.98. The number of aliphatic imine (C=N–C) groups is 1. The zero-order valence-electron chi connectivity index (χ0n) is 13.7. The first-order valence-electron chi connectivity index (χ1n) is 7.93. The van der Waals surface area contributed by atoms with Crippen molar-refractivity contribution < 1.29 is 17.9 Å². The molecule has 2 heterocycles. The van der Waals surface area contributed by atoms with Crippen LogP contribution >= 0.6 is 0 Å². The first kappa shape index (κ1) is 16.3. The van der Waals surface area contributed by atoms with Gasteiger partial charge in [0.15, 0.2) is 0 Å². The number of nitrogens with zero attached hydrogens (tertiary/aromatic N) is 2. The van der Waals surface area contributed by atoms with Gasteiger partial charge in [0, 0.05) is 11.1 Å². The summed E-state index contributed by atoms with van der Waals surface area (Å²) in [6.07, 6.45) is -4.55. The molecule has 2 aromatic carbocycles. The number of pyridine rings is 1. The van der Waals surface area contributed by atoms with E-state index in [1.807, 2.05) is 43.3 Å². The van der Waals surface area contributed by atoms with Crippen molar-refractivity contribution in [3.05, 3.63) is 83.0 Å². The minimum Gasteiger partial charge on any atom is -0.436 e. The van der Waals surface area contributed by atoms with Crippen molar-refractivity contribution in [2.24, 2.45) is 4.99 Å². The van der Waals surface area contributed by atoms with Gasteiger partial charge in [-0.3, -0.25) is 0 Å². The molecular weight excluding hydrogens is 341 g/mol. The third-order valence-electron chi connectivity index (χ3n) is 4.04. The number of fused-ring (bicyclic) bond motifs is 2. The lowest BCUT2D eigenvalue weighted by molar-refractivity contribution is -0.141. The maximum absolute atomic E-state index is 13.0. The van der Waals surface area contributed by atoms with Gasteiger partial charge in [-0.15, -0.1) is 0 Å². The van der Waals surface area contributed by atoms with E-state index in [4.69, 9.17) is 4.74 Å². The summed E-state index contributed by atoms with van der Waals surface area (Å²) < 4.78 is 44.6. The number of benzene rings is 2. The highest BCUT2D eigenvalue weighted by atomic mass is 19.4. The van der Waals surface area contributed by atoms with Gasteiger partial charge in [-0.1, -0.05) is 42.0 Å². The van der Waals surface area contributed by atoms with Gasteiger partial charge < -0.3 is 4.74 Å². The molecule has 0 saturated heterocycles. The Morgan fingerprint density at radius 1 is 0.885 bits per heavy atom. The Bertz CT molecular complexity index is 1010. The molecule has 1 aliphatic heterocycles. The molecule has 0 saturated carbocycles. The van der Waals surface area contributed by atoms with Crippen molar-refractivity contribution >= 4 is 11.4 Å². The Balaban J connectivity index is 1.93. The lowest BCUT2D eigenvalue weighted by Crippen LogP contribution is -2.08. The van der Waals surface area contributed by atoms with E-state index in [0.717, 1.165) is 17.2 Å². The number of ether oxygens (including phenoxy) is 1. The lowest BCUT2D eigenvalue weighted by Gasteiger charge is -2.10. The Hall–Kier alpha value is -3.15. The number of aromatic nitrogens is 1. The molecule has 3 nitrogen and oxygen atoms in total. The van der Waals surface area contributed by atoms with E-state index < -0.39 is 11.9 Å². The Morgan fingerprint density at radius 3 is 2.35 bits per heavy atom. The molecule has 4 rings (SSSR count). The fraction of sp³-hybridized carbons (Fsp3) is 0.100. The van der Waals surface area contributed by atoms with Gasteiger partial charge in [0.1, 0.15) is 17.1 Å². The number of hydrogen-bond acceptors (Lipinski definition) is 3. The smallest absolute Gasteiger partial charge is 0.433 e. The monoisotopic (exact) mass is 354 g/mol. The molecule has 1 aliphatic rings. The fourth-order valence-electron chi connectivity index (χ4n) is 2.72. The predicted octanol–water partition coefficient (Wildman–Crippen LogP) is 5.68. The van der Waals surface area contributed by atoms with Gasteiger partial charge in [-0.25, -0.2) is 9.98 Å². The fourth-order valence-corrected chi connectivity index (χ4v) is 2.72. The summed E-state index contributed by atoms with van der Waals surface area (Å²) in [5.41, 5.74) is 2.51.